The van der Waals surface area contributed by atoms with Crippen LogP contribution in [-0.4, -0.2) is 0 Å². The Balaban J connectivity index is 0.000000902. The van der Waals surface area contributed by atoms with Gasteiger partial charge in [0.05, 0.1) is 9.40 Å². The first-order valence-corrected chi connectivity index (χ1v) is 13.2. The van der Waals surface area contributed by atoms with Crippen LogP contribution >= 0.6 is 34.0 Å². The predicted octanol–water partition coefficient (Wildman–Crippen LogP) is 10.4. The van der Waals surface area contributed by atoms with Gasteiger partial charge < -0.3 is 0 Å². The second kappa shape index (κ2) is 7.03. The molecule has 0 fully saturated rings. The Hall–Kier alpha value is -2.46. The van der Waals surface area contributed by atoms with Crippen LogP contribution in [0.2, 0.25) is 0 Å². The fourth-order valence-electron chi connectivity index (χ4n) is 4.50. The number of hydrogen-bond acceptors (Lipinski definition) is 3. The summed E-state index contributed by atoms with van der Waals surface area (Å²) < 4.78 is 8.49. The fraction of sp³-hybridized carbons (Fsp3) is 0.143. The van der Waals surface area contributed by atoms with E-state index in [0.717, 1.165) is 0 Å². The van der Waals surface area contributed by atoms with Gasteiger partial charge >= 0.3 is 0 Å². The Morgan fingerprint density at radius 1 is 0.452 bits per heavy atom. The monoisotopic (exact) mass is 454 g/mol. The van der Waals surface area contributed by atoms with Crippen molar-refractivity contribution in [3.8, 4) is 0 Å². The molecule has 3 heteroatoms. The van der Waals surface area contributed by atoms with Gasteiger partial charge in [0.1, 0.15) is 0 Å². The zero-order valence-electron chi connectivity index (χ0n) is 18.0. The van der Waals surface area contributed by atoms with Crippen LogP contribution in [0.25, 0.3) is 60.5 Å². The molecular weight excluding hydrogens is 433 g/mol. The molecule has 0 bridgehead atoms. The summed E-state index contributed by atoms with van der Waals surface area (Å²) in [6, 6.07) is 23.2. The van der Waals surface area contributed by atoms with Crippen molar-refractivity contribution < 1.29 is 0 Å². The number of aryl methyl sites for hydroxylation is 2. The second-order valence-electron chi connectivity index (χ2n) is 8.01. The molecule has 0 N–H and O–H groups in total. The van der Waals surface area contributed by atoms with E-state index in [1.807, 2.05) is 47.9 Å². The highest BCUT2D eigenvalue weighted by atomic mass is 32.1. The van der Waals surface area contributed by atoms with Crippen LogP contribution in [0.1, 0.15) is 25.0 Å². The van der Waals surface area contributed by atoms with E-state index in [0.29, 0.717) is 0 Å². The van der Waals surface area contributed by atoms with Crippen molar-refractivity contribution in [2.24, 2.45) is 0 Å². The maximum atomic E-state index is 2.43. The van der Waals surface area contributed by atoms with E-state index < -0.39 is 0 Å². The molecule has 0 amide bonds. The average Bonchev–Trinajstić information content (AvgIpc) is 3.41. The number of thiophene rings is 3. The summed E-state index contributed by atoms with van der Waals surface area (Å²) in [7, 11) is 0. The minimum atomic E-state index is 1.32. The quantitative estimate of drug-likeness (QED) is 0.214. The van der Waals surface area contributed by atoms with Crippen molar-refractivity contribution in [2.45, 2.75) is 27.7 Å². The first kappa shape index (κ1) is 19.2. The summed E-state index contributed by atoms with van der Waals surface area (Å²) in [4.78, 5) is 0. The highest BCUT2D eigenvalue weighted by Crippen LogP contribution is 2.47. The molecule has 0 saturated heterocycles. The second-order valence-corrected chi connectivity index (χ2v) is 11.2. The standard InChI is InChI=1S/C26H16S3.C2H6/c1-13-3-5-15-9-19-22(10-16(15)7-13)28-26-20-12-23-18(11-24(20)29-25(19)26)17-6-4-14(2)8-21(17)27-23;1-2/h3-12H,1-2H3;1-2H3. The van der Waals surface area contributed by atoms with Crippen molar-refractivity contribution in [2.75, 3.05) is 0 Å². The van der Waals surface area contributed by atoms with Gasteiger partial charge in [0, 0.05) is 40.3 Å². The van der Waals surface area contributed by atoms with E-state index in [9.17, 15) is 0 Å². The van der Waals surface area contributed by atoms with E-state index in [-0.39, 0.29) is 0 Å². The Labute approximate surface area is 193 Å². The number of hydrogen-bond donors (Lipinski definition) is 0. The van der Waals surface area contributed by atoms with Crippen LogP contribution in [0.3, 0.4) is 0 Å². The minimum absolute atomic E-state index is 1.32. The molecule has 0 unspecified atom stereocenters. The summed E-state index contributed by atoms with van der Waals surface area (Å²) >= 11 is 5.83. The number of benzene rings is 4. The van der Waals surface area contributed by atoms with Crippen LogP contribution in [-0.2, 0) is 0 Å². The Bertz CT molecular complexity index is 1760. The first-order chi connectivity index (χ1) is 15.1. The molecule has 3 heterocycles. The molecule has 7 aromatic rings. The van der Waals surface area contributed by atoms with E-state index in [1.165, 1.54) is 71.6 Å². The summed E-state index contributed by atoms with van der Waals surface area (Å²) in [5.41, 5.74) is 2.66. The van der Waals surface area contributed by atoms with Crippen LogP contribution in [0, 0.1) is 13.8 Å². The third-order valence-corrected chi connectivity index (χ3v) is 9.56. The molecule has 152 valence electrons. The lowest BCUT2D eigenvalue weighted by Gasteiger charge is -2.00. The zero-order chi connectivity index (χ0) is 21.3. The lowest BCUT2D eigenvalue weighted by molar-refractivity contribution is 1.50. The van der Waals surface area contributed by atoms with Crippen molar-refractivity contribution in [1.82, 2.24) is 0 Å². The Kier molecular flexibility index (Phi) is 4.36. The fourth-order valence-corrected chi connectivity index (χ4v) is 8.41. The lowest BCUT2D eigenvalue weighted by Crippen LogP contribution is -1.75. The van der Waals surface area contributed by atoms with Crippen molar-refractivity contribution in [3.05, 3.63) is 71.8 Å². The van der Waals surface area contributed by atoms with Crippen molar-refractivity contribution >= 4 is 94.5 Å². The molecule has 0 nitrogen and oxygen atoms in total. The highest BCUT2D eigenvalue weighted by molar-refractivity contribution is 7.36. The van der Waals surface area contributed by atoms with Crippen molar-refractivity contribution in [3.63, 3.8) is 0 Å². The van der Waals surface area contributed by atoms with E-state index in [1.54, 1.807) is 0 Å². The van der Waals surface area contributed by atoms with E-state index in [4.69, 9.17) is 0 Å². The van der Waals surface area contributed by atoms with Crippen molar-refractivity contribution in [1.29, 1.82) is 0 Å². The Morgan fingerprint density at radius 2 is 1.03 bits per heavy atom. The molecule has 7 rings (SSSR count). The van der Waals surface area contributed by atoms with Gasteiger partial charge in [0.15, 0.2) is 0 Å². The van der Waals surface area contributed by atoms with Crippen LogP contribution < -0.4 is 0 Å². The Morgan fingerprint density at radius 3 is 1.84 bits per heavy atom. The van der Waals surface area contributed by atoms with Gasteiger partial charge in [-0.1, -0.05) is 49.7 Å². The van der Waals surface area contributed by atoms with E-state index in [2.05, 4.69) is 74.5 Å². The maximum Gasteiger partial charge on any atom is 0.0542 e. The topological polar surface area (TPSA) is 0 Å². The first-order valence-electron chi connectivity index (χ1n) is 10.8. The lowest BCUT2D eigenvalue weighted by atomic mass is 10.1. The molecule has 0 radical (unpaired) electrons. The molecule has 0 saturated carbocycles. The minimum Gasteiger partial charge on any atom is -0.135 e. The molecule has 0 spiro atoms. The van der Waals surface area contributed by atoms with E-state index >= 15 is 0 Å². The van der Waals surface area contributed by atoms with Crippen LogP contribution in [0.5, 0.6) is 0 Å². The summed E-state index contributed by atoms with van der Waals surface area (Å²) in [5.74, 6) is 0. The molecule has 4 aromatic carbocycles. The van der Waals surface area contributed by atoms with Gasteiger partial charge in [-0.05, 0) is 60.5 Å². The van der Waals surface area contributed by atoms with Gasteiger partial charge in [-0.15, -0.1) is 34.0 Å². The molecule has 0 aliphatic carbocycles. The maximum absolute atomic E-state index is 2.43. The average molecular weight is 455 g/mol. The smallest absolute Gasteiger partial charge is 0.0542 e. The predicted molar refractivity (Wildman–Crippen MR) is 146 cm³/mol. The SMILES string of the molecule is CC.Cc1ccc2cc3c(cc2c1)sc1c2cc4sc5cc(C)ccc5c4cc2sc31. The summed E-state index contributed by atoms with van der Waals surface area (Å²) in [6.07, 6.45) is 0. The molecule has 3 aromatic heterocycles. The molecule has 0 atom stereocenters. The third kappa shape index (κ3) is 2.84. The number of fused-ring (bicyclic) bond motifs is 9. The largest absolute Gasteiger partial charge is 0.135 e. The highest BCUT2D eigenvalue weighted by Gasteiger charge is 2.15. The zero-order valence-corrected chi connectivity index (χ0v) is 20.4. The molecular formula is C28H22S3. The van der Waals surface area contributed by atoms with Gasteiger partial charge in [-0.2, -0.15) is 0 Å². The van der Waals surface area contributed by atoms with Gasteiger partial charge in [0.25, 0.3) is 0 Å². The molecule has 31 heavy (non-hydrogen) atoms. The van der Waals surface area contributed by atoms with Crippen LogP contribution in [0.15, 0.2) is 60.7 Å². The third-order valence-electron chi connectivity index (χ3n) is 5.94. The molecule has 0 aliphatic heterocycles. The summed E-state index contributed by atoms with van der Waals surface area (Å²) in [6.45, 7) is 8.34. The molecule has 0 aliphatic rings. The van der Waals surface area contributed by atoms with Gasteiger partial charge in [-0.25, -0.2) is 0 Å². The van der Waals surface area contributed by atoms with Gasteiger partial charge in [-0.3, -0.25) is 0 Å². The van der Waals surface area contributed by atoms with Gasteiger partial charge in [0.2, 0.25) is 0 Å². The normalized spacial score (nSPS) is 11.9. The summed E-state index contributed by atoms with van der Waals surface area (Å²) in [5, 5.41) is 8.30. The van der Waals surface area contributed by atoms with Crippen LogP contribution in [0.4, 0.5) is 0 Å². The number of rotatable bonds is 0.